The second-order valence-electron chi connectivity index (χ2n) is 4.90. The van der Waals surface area contributed by atoms with Crippen molar-refractivity contribution in [3.63, 3.8) is 0 Å². The van der Waals surface area contributed by atoms with Crippen molar-refractivity contribution >= 4 is 17.3 Å². The minimum absolute atomic E-state index is 0.0473. The highest BCUT2D eigenvalue weighted by Crippen LogP contribution is 2.24. The van der Waals surface area contributed by atoms with Gasteiger partial charge >= 0.3 is 0 Å². The summed E-state index contributed by atoms with van der Waals surface area (Å²) in [5.41, 5.74) is 1.90. The first-order valence-electron chi connectivity index (χ1n) is 6.49. The number of hydrogen-bond donors (Lipinski definition) is 2. The zero-order chi connectivity index (χ0) is 13.0. The topological polar surface area (TPSA) is 44.4 Å². The fraction of sp³-hybridized carbons (Fsp3) is 0.500. The molecule has 0 saturated carbocycles. The molecule has 4 nitrogen and oxygen atoms in total. The SMILES string of the molecule is CN(C)c1ccccc1NC(=O)C1CCCCN1. The number of carbonyl (C=O) groups is 1. The average Bonchev–Trinajstić information content (AvgIpc) is 2.40. The molecule has 1 aliphatic heterocycles. The highest BCUT2D eigenvalue weighted by atomic mass is 16.2. The van der Waals surface area contributed by atoms with Crippen LogP contribution < -0.4 is 15.5 Å². The fourth-order valence-electron chi connectivity index (χ4n) is 2.26. The van der Waals surface area contributed by atoms with Crippen LogP contribution in [0.5, 0.6) is 0 Å². The molecule has 0 bridgehead atoms. The smallest absolute Gasteiger partial charge is 0.241 e. The van der Waals surface area contributed by atoms with Gasteiger partial charge in [-0.3, -0.25) is 4.79 Å². The van der Waals surface area contributed by atoms with Gasteiger partial charge < -0.3 is 15.5 Å². The van der Waals surface area contributed by atoms with Crippen LogP contribution in [-0.4, -0.2) is 32.6 Å². The Kier molecular flexibility index (Phi) is 4.20. The Bertz CT molecular complexity index is 411. The summed E-state index contributed by atoms with van der Waals surface area (Å²) in [5.74, 6) is 0.0731. The molecule has 1 unspecified atom stereocenters. The highest BCUT2D eigenvalue weighted by Gasteiger charge is 2.21. The minimum atomic E-state index is -0.0473. The number of nitrogens with one attached hydrogen (secondary N) is 2. The molecule has 1 aromatic carbocycles. The molecular formula is C14H21N3O. The Labute approximate surface area is 108 Å². The molecule has 0 radical (unpaired) electrons. The van der Waals surface area contributed by atoms with Gasteiger partial charge in [0.05, 0.1) is 17.4 Å². The lowest BCUT2D eigenvalue weighted by molar-refractivity contribution is -0.118. The Morgan fingerprint density at radius 2 is 2.11 bits per heavy atom. The van der Waals surface area contributed by atoms with E-state index in [1.807, 2.05) is 43.3 Å². The molecule has 98 valence electrons. The number of amides is 1. The van der Waals surface area contributed by atoms with Crippen molar-refractivity contribution < 1.29 is 4.79 Å². The summed E-state index contributed by atoms with van der Waals surface area (Å²) in [5, 5.41) is 6.28. The van der Waals surface area contributed by atoms with Gasteiger partial charge in [0.25, 0.3) is 0 Å². The fourth-order valence-corrected chi connectivity index (χ4v) is 2.26. The molecule has 1 heterocycles. The number of para-hydroxylation sites is 2. The third-order valence-electron chi connectivity index (χ3n) is 3.27. The second kappa shape index (κ2) is 5.87. The molecule has 1 aromatic rings. The van der Waals surface area contributed by atoms with Gasteiger partial charge in [0.15, 0.2) is 0 Å². The molecule has 4 heteroatoms. The number of piperidine rings is 1. The molecule has 1 aliphatic rings. The van der Waals surface area contributed by atoms with E-state index in [2.05, 4.69) is 10.6 Å². The van der Waals surface area contributed by atoms with Crippen molar-refractivity contribution in [2.45, 2.75) is 25.3 Å². The van der Waals surface area contributed by atoms with Gasteiger partial charge in [0.1, 0.15) is 0 Å². The van der Waals surface area contributed by atoms with E-state index in [1.165, 1.54) is 0 Å². The molecule has 18 heavy (non-hydrogen) atoms. The van der Waals surface area contributed by atoms with E-state index in [9.17, 15) is 4.79 Å². The monoisotopic (exact) mass is 247 g/mol. The second-order valence-corrected chi connectivity index (χ2v) is 4.90. The summed E-state index contributed by atoms with van der Waals surface area (Å²) in [7, 11) is 3.95. The van der Waals surface area contributed by atoms with E-state index in [0.717, 1.165) is 37.2 Å². The Balaban J connectivity index is 2.06. The van der Waals surface area contributed by atoms with Gasteiger partial charge in [-0.15, -0.1) is 0 Å². The molecule has 2 rings (SSSR count). The Morgan fingerprint density at radius 1 is 1.33 bits per heavy atom. The lowest BCUT2D eigenvalue weighted by Gasteiger charge is -2.24. The van der Waals surface area contributed by atoms with Gasteiger partial charge in [-0.1, -0.05) is 18.6 Å². The normalized spacial score (nSPS) is 19.3. The van der Waals surface area contributed by atoms with Crippen LogP contribution in [0.1, 0.15) is 19.3 Å². The summed E-state index contributed by atoms with van der Waals surface area (Å²) in [4.78, 5) is 14.2. The van der Waals surface area contributed by atoms with Crippen LogP contribution in [0.2, 0.25) is 0 Å². The summed E-state index contributed by atoms with van der Waals surface area (Å²) in [6, 6.07) is 7.81. The van der Waals surface area contributed by atoms with Crippen molar-refractivity contribution in [1.82, 2.24) is 5.32 Å². The predicted molar refractivity (Wildman–Crippen MR) is 75.0 cm³/mol. The molecule has 2 N–H and O–H groups in total. The minimum Gasteiger partial charge on any atom is -0.376 e. The van der Waals surface area contributed by atoms with Crippen LogP contribution in [0, 0.1) is 0 Å². The Hall–Kier alpha value is -1.55. The lowest BCUT2D eigenvalue weighted by atomic mass is 10.0. The van der Waals surface area contributed by atoms with E-state index in [0.29, 0.717) is 0 Å². The van der Waals surface area contributed by atoms with Crippen molar-refractivity contribution in [2.75, 3.05) is 30.9 Å². The van der Waals surface area contributed by atoms with Crippen molar-refractivity contribution in [3.05, 3.63) is 24.3 Å². The van der Waals surface area contributed by atoms with E-state index < -0.39 is 0 Å². The zero-order valence-corrected chi connectivity index (χ0v) is 11.1. The standard InChI is InChI=1S/C14H21N3O/c1-17(2)13-9-4-3-7-11(13)16-14(18)12-8-5-6-10-15-12/h3-4,7,9,12,15H,5-6,8,10H2,1-2H3,(H,16,18). The van der Waals surface area contributed by atoms with E-state index in [4.69, 9.17) is 0 Å². The van der Waals surface area contributed by atoms with Crippen LogP contribution in [0.3, 0.4) is 0 Å². The zero-order valence-electron chi connectivity index (χ0n) is 11.1. The summed E-state index contributed by atoms with van der Waals surface area (Å²) >= 11 is 0. The first kappa shape index (κ1) is 12.9. The largest absolute Gasteiger partial charge is 0.376 e. The number of carbonyl (C=O) groups excluding carboxylic acids is 1. The molecule has 1 fully saturated rings. The molecule has 0 aromatic heterocycles. The maximum Gasteiger partial charge on any atom is 0.241 e. The molecule has 0 aliphatic carbocycles. The summed E-state index contributed by atoms with van der Waals surface area (Å²) in [6.07, 6.45) is 3.22. The van der Waals surface area contributed by atoms with Crippen LogP contribution in [-0.2, 0) is 4.79 Å². The third-order valence-corrected chi connectivity index (χ3v) is 3.27. The molecule has 1 atom stereocenters. The molecule has 0 spiro atoms. The molecular weight excluding hydrogens is 226 g/mol. The van der Waals surface area contributed by atoms with Crippen LogP contribution in [0.4, 0.5) is 11.4 Å². The van der Waals surface area contributed by atoms with Crippen LogP contribution >= 0.6 is 0 Å². The predicted octanol–water partition coefficient (Wildman–Crippen LogP) is 1.83. The Morgan fingerprint density at radius 3 is 2.78 bits per heavy atom. The lowest BCUT2D eigenvalue weighted by Crippen LogP contribution is -2.43. The first-order chi connectivity index (χ1) is 8.68. The maximum atomic E-state index is 12.2. The number of benzene rings is 1. The number of anilines is 2. The van der Waals surface area contributed by atoms with Gasteiger partial charge in [0, 0.05) is 14.1 Å². The van der Waals surface area contributed by atoms with Gasteiger partial charge in [-0.25, -0.2) is 0 Å². The average molecular weight is 247 g/mol. The number of rotatable bonds is 3. The van der Waals surface area contributed by atoms with Crippen molar-refractivity contribution in [3.8, 4) is 0 Å². The highest BCUT2D eigenvalue weighted by molar-refractivity contribution is 5.97. The van der Waals surface area contributed by atoms with Crippen LogP contribution in [0.25, 0.3) is 0 Å². The van der Waals surface area contributed by atoms with E-state index in [-0.39, 0.29) is 11.9 Å². The van der Waals surface area contributed by atoms with Gasteiger partial charge in [-0.05, 0) is 31.5 Å². The number of hydrogen-bond acceptors (Lipinski definition) is 3. The quantitative estimate of drug-likeness (QED) is 0.856. The first-order valence-corrected chi connectivity index (χ1v) is 6.49. The van der Waals surface area contributed by atoms with Crippen molar-refractivity contribution in [1.29, 1.82) is 0 Å². The third kappa shape index (κ3) is 3.01. The van der Waals surface area contributed by atoms with E-state index in [1.54, 1.807) is 0 Å². The molecule has 1 saturated heterocycles. The van der Waals surface area contributed by atoms with Gasteiger partial charge in [0.2, 0.25) is 5.91 Å². The maximum absolute atomic E-state index is 12.2. The van der Waals surface area contributed by atoms with Crippen LogP contribution in [0.15, 0.2) is 24.3 Å². The summed E-state index contributed by atoms with van der Waals surface area (Å²) < 4.78 is 0. The summed E-state index contributed by atoms with van der Waals surface area (Å²) in [6.45, 7) is 0.938. The van der Waals surface area contributed by atoms with E-state index >= 15 is 0 Å². The molecule has 1 amide bonds. The number of nitrogens with zero attached hydrogens (tertiary/aromatic N) is 1. The van der Waals surface area contributed by atoms with Gasteiger partial charge in [-0.2, -0.15) is 0 Å². The van der Waals surface area contributed by atoms with Crippen molar-refractivity contribution in [2.24, 2.45) is 0 Å².